The summed E-state index contributed by atoms with van der Waals surface area (Å²) in [6, 6.07) is 5.85. The Balaban J connectivity index is 2.56. The van der Waals surface area contributed by atoms with Gasteiger partial charge in [-0.05, 0) is 24.1 Å². The first kappa shape index (κ1) is 15.4. The minimum atomic E-state index is 0.00953. The molecule has 1 unspecified atom stereocenters. The van der Waals surface area contributed by atoms with E-state index in [1.54, 1.807) is 0 Å². The van der Waals surface area contributed by atoms with Crippen molar-refractivity contribution >= 4 is 15.9 Å². The van der Waals surface area contributed by atoms with Crippen molar-refractivity contribution in [2.24, 2.45) is 0 Å². The quantitative estimate of drug-likeness (QED) is 0.682. The van der Waals surface area contributed by atoms with E-state index in [9.17, 15) is 0 Å². The molecule has 0 saturated heterocycles. The summed E-state index contributed by atoms with van der Waals surface area (Å²) in [5, 5.41) is 21.1. The molecule has 0 amide bonds. The van der Waals surface area contributed by atoms with Crippen LogP contribution in [0.4, 0.5) is 0 Å². The number of nitrogens with one attached hydrogen (secondary N) is 1. The number of ether oxygens (including phenoxy) is 1. The van der Waals surface area contributed by atoms with Crippen LogP contribution >= 0.6 is 15.9 Å². The third-order valence-corrected chi connectivity index (χ3v) is 3.42. The molecule has 0 aliphatic carbocycles. The lowest BCUT2D eigenvalue weighted by Gasteiger charge is -2.15. The largest absolute Gasteiger partial charge is 0.491 e. The molecule has 0 heterocycles. The Morgan fingerprint density at radius 2 is 2.17 bits per heavy atom. The molecule has 0 aromatic heterocycles. The second-order valence-corrected chi connectivity index (χ2v) is 4.85. The van der Waals surface area contributed by atoms with Crippen LogP contribution in [0.15, 0.2) is 22.7 Å². The Labute approximate surface area is 116 Å². The predicted octanol–water partition coefficient (Wildman–Crippen LogP) is 1.68. The zero-order chi connectivity index (χ0) is 13.4. The van der Waals surface area contributed by atoms with E-state index in [1.807, 2.05) is 25.1 Å². The first-order chi connectivity index (χ1) is 8.71. The maximum absolute atomic E-state index is 9.10. The van der Waals surface area contributed by atoms with E-state index >= 15 is 0 Å². The molecule has 5 heteroatoms. The lowest BCUT2D eigenvalue weighted by molar-refractivity contribution is 0.201. The van der Waals surface area contributed by atoms with Gasteiger partial charge in [0, 0.05) is 17.1 Å². The zero-order valence-corrected chi connectivity index (χ0v) is 12.1. The molecule has 102 valence electrons. The third-order valence-electron chi connectivity index (χ3n) is 2.68. The Bertz CT molecular complexity index is 356. The van der Waals surface area contributed by atoms with E-state index in [0.717, 1.165) is 22.2 Å². The van der Waals surface area contributed by atoms with Crippen molar-refractivity contribution in [3.63, 3.8) is 0 Å². The number of hydrogen-bond acceptors (Lipinski definition) is 4. The Morgan fingerprint density at radius 1 is 1.39 bits per heavy atom. The molecular weight excluding hydrogens is 298 g/mol. The van der Waals surface area contributed by atoms with Gasteiger partial charge in [-0.3, -0.25) is 0 Å². The normalized spacial score (nSPS) is 12.4. The molecular formula is C13H20BrNO3. The molecule has 0 spiro atoms. The minimum Gasteiger partial charge on any atom is -0.491 e. The van der Waals surface area contributed by atoms with Crippen molar-refractivity contribution in [3.8, 4) is 5.75 Å². The van der Waals surface area contributed by atoms with Gasteiger partial charge in [-0.25, -0.2) is 0 Å². The summed E-state index contributed by atoms with van der Waals surface area (Å²) in [7, 11) is 0. The highest BCUT2D eigenvalue weighted by atomic mass is 79.9. The lowest BCUT2D eigenvalue weighted by atomic mass is 10.2. The van der Waals surface area contributed by atoms with Crippen LogP contribution < -0.4 is 10.1 Å². The molecule has 18 heavy (non-hydrogen) atoms. The van der Waals surface area contributed by atoms with Crippen LogP contribution in [-0.4, -0.2) is 36.1 Å². The van der Waals surface area contributed by atoms with Gasteiger partial charge < -0.3 is 20.3 Å². The lowest BCUT2D eigenvalue weighted by Crippen LogP contribution is -2.31. The maximum Gasteiger partial charge on any atom is 0.120 e. The molecule has 1 aromatic carbocycles. The van der Waals surface area contributed by atoms with Crippen molar-refractivity contribution in [2.45, 2.75) is 25.9 Å². The highest BCUT2D eigenvalue weighted by Crippen LogP contribution is 2.23. The summed E-state index contributed by atoms with van der Waals surface area (Å²) >= 11 is 3.49. The summed E-state index contributed by atoms with van der Waals surface area (Å²) < 4.78 is 6.28. The maximum atomic E-state index is 9.10. The molecule has 0 radical (unpaired) electrons. The number of halogens is 1. The summed E-state index contributed by atoms with van der Waals surface area (Å²) in [6.45, 7) is 3.18. The number of hydrogen-bond donors (Lipinski definition) is 3. The van der Waals surface area contributed by atoms with E-state index in [2.05, 4.69) is 21.2 Å². The van der Waals surface area contributed by atoms with Gasteiger partial charge in [-0.1, -0.05) is 28.9 Å². The molecule has 0 fully saturated rings. The Morgan fingerprint density at radius 3 is 2.72 bits per heavy atom. The van der Waals surface area contributed by atoms with Crippen molar-refractivity contribution < 1.29 is 14.9 Å². The molecule has 0 bridgehead atoms. The highest BCUT2D eigenvalue weighted by molar-refractivity contribution is 9.10. The SMILES string of the molecule is CCC(CO)NCc1ccc(OCCO)cc1Br. The van der Waals surface area contributed by atoms with Gasteiger partial charge in [-0.2, -0.15) is 0 Å². The molecule has 1 aromatic rings. The zero-order valence-electron chi connectivity index (χ0n) is 10.5. The van der Waals surface area contributed by atoms with Gasteiger partial charge in [0.15, 0.2) is 0 Å². The molecule has 4 nitrogen and oxygen atoms in total. The van der Waals surface area contributed by atoms with Crippen LogP contribution in [0.25, 0.3) is 0 Å². The van der Waals surface area contributed by atoms with Crippen molar-refractivity contribution in [2.75, 3.05) is 19.8 Å². The van der Waals surface area contributed by atoms with Crippen molar-refractivity contribution in [3.05, 3.63) is 28.2 Å². The summed E-state index contributed by atoms with van der Waals surface area (Å²) in [6.07, 6.45) is 0.895. The average Bonchev–Trinajstić information content (AvgIpc) is 2.39. The van der Waals surface area contributed by atoms with Gasteiger partial charge in [0.1, 0.15) is 12.4 Å². The van der Waals surface area contributed by atoms with Crippen LogP contribution in [0, 0.1) is 0 Å². The van der Waals surface area contributed by atoms with Crippen LogP contribution in [-0.2, 0) is 6.54 Å². The van der Waals surface area contributed by atoms with Gasteiger partial charge in [0.05, 0.1) is 13.2 Å². The standard InChI is InChI=1S/C13H20BrNO3/c1-2-11(9-17)15-8-10-3-4-12(7-13(10)14)18-6-5-16/h3-4,7,11,15-17H,2,5-6,8-9H2,1H3. The second kappa shape index (κ2) is 8.48. The van der Waals surface area contributed by atoms with E-state index in [1.165, 1.54) is 0 Å². The Kier molecular flexibility index (Phi) is 7.27. The van der Waals surface area contributed by atoms with Gasteiger partial charge in [0.2, 0.25) is 0 Å². The van der Waals surface area contributed by atoms with E-state index in [-0.39, 0.29) is 19.3 Å². The fourth-order valence-corrected chi connectivity index (χ4v) is 2.01. The third kappa shape index (κ3) is 4.94. The molecule has 1 atom stereocenters. The fourth-order valence-electron chi connectivity index (χ4n) is 1.52. The number of benzene rings is 1. The highest BCUT2D eigenvalue weighted by Gasteiger charge is 2.06. The summed E-state index contributed by atoms with van der Waals surface area (Å²) in [4.78, 5) is 0. The smallest absolute Gasteiger partial charge is 0.120 e. The van der Waals surface area contributed by atoms with Crippen LogP contribution in [0.3, 0.4) is 0 Å². The monoisotopic (exact) mass is 317 g/mol. The van der Waals surface area contributed by atoms with Gasteiger partial charge >= 0.3 is 0 Å². The molecule has 0 aliphatic rings. The minimum absolute atomic E-state index is 0.00953. The van der Waals surface area contributed by atoms with E-state index < -0.39 is 0 Å². The first-order valence-electron chi connectivity index (χ1n) is 6.07. The van der Waals surface area contributed by atoms with Crippen LogP contribution in [0.5, 0.6) is 5.75 Å². The molecule has 0 saturated carbocycles. The van der Waals surface area contributed by atoms with Gasteiger partial charge in [-0.15, -0.1) is 0 Å². The van der Waals surface area contributed by atoms with E-state index in [4.69, 9.17) is 14.9 Å². The first-order valence-corrected chi connectivity index (χ1v) is 6.86. The van der Waals surface area contributed by atoms with Crippen LogP contribution in [0.2, 0.25) is 0 Å². The molecule has 3 N–H and O–H groups in total. The Hall–Kier alpha value is -0.620. The fraction of sp³-hybridized carbons (Fsp3) is 0.538. The van der Waals surface area contributed by atoms with Crippen molar-refractivity contribution in [1.82, 2.24) is 5.32 Å². The topological polar surface area (TPSA) is 61.7 Å². The summed E-state index contributed by atoms with van der Waals surface area (Å²) in [5.74, 6) is 0.730. The number of aliphatic hydroxyl groups is 2. The second-order valence-electron chi connectivity index (χ2n) is 3.99. The number of rotatable bonds is 8. The summed E-state index contributed by atoms with van der Waals surface area (Å²) in [5.41, 5.74) is 1.11. The average molecular weight is 318 g/mol. The van der Waals surface area contributed by atoms with Gasteiger partial charge in [0.25, 0.3) is 0 Å². The van der Waals surface area contributed by atoms with Crippen molar-refractivity contribution in [1.29, 1.82) is 0 Å². The molecule has 1 rings (SSSR count). The number of aliphatic hydroxyl groups excluding tert-OH is 2. The molecule has 0 aliphatic heterocycles. The predicted molar refractivity (Wildman–Crippen MR) is 74.7 cm³/mol. The van der Waals surface area contributed by atoms with Crippen LogP contribution in [0.1, 0.15) is 18.9 Å². The van der Waals surface area contributed by atoms with E-state index in [0.29, 0.717) is 13.2 Å².